The van der Waals surface area contributed by atoms with Gasteiger partial charge in [-0.3, -0.25) is 4.79 Å². The summed E-state index contributed by atoms with van der Waals surface area (Å²) < 4.78 is 2.16. The number of aromatic nitrogens is 1. The molecule has 4 rings (SSSR count). The van der Waals surface area contributed by atoms with Crippen LogP contribution in [-0.2, 0) is 13.6 Å². The third-order valence-electron chi connectivity index (χ3n) is 4.85. The average Bonchev–Trinajstić information content (AvgIpc) is 3.04. The minimum absolute atomic E-state index is 0.0485. The molecule has 0 fully saturated rings. The summed E-state index contributed by atoms with van der Waals surface area (Å²) in [6.07, 6.45) is 0. The summed E-state index contributed by atoms with van der Waals surface area (Å²) >= 11 is 0. The van der Waals surface area contributed by atoms with Crippen LogP contribution in [0, 0.1) is 6.92 Å². The zero-order valence-electron chi connectivity index (χ0n) is 14.8. The molecule has 0 saturated carbocycles. The van der Waals surface area contributed by atoms with Gasteiger partial charge in [-0.05, 0) is 55.8 Å². The van der Waals surface area contributed by atoms with Gasteiger partial charge < -0.3 is 14.8 Å². The predicted molar refractivity (Wildman–Crippen MR) is 103 cm³/mol. The van der Waals surface area contributed by atoms with Gasteiger partial charge in [0.25, 0.3) is 5.91 Å². The van der Waals surface area contributed by atoms with Crippen LogP contribution in [0.4, 0.5) is 11.4 Å². The lowest BCUT2D eigenvalue weighted by Crippen LogP contribution is -2.22. The molecule has 2 aromatic carbocycles. The highest BCUT2D eigenvalue weighted by Gasteiger charge is 2.29. The topological polar surface area (TPSA) is 37.3 Å². The number of allylic oxidation sites excluding steroid dienone is 1. The Morgan fingerprint density at radius 3 is 2.72 bits per heavy atom. The first-order chi connectivity index (χ1) is 11.9. The molecule has 1 aromatic heterocycles. The van der Waals surface area contributed by atoms with Crippen LogP contribution in [0.1, 0.15) is 28.5 Å². The summed E-state index contributed by atoms with van der Waals surface area (Å²) in [5.74, 6) is 0.0485. The van der Waals surface area contributed by atoms with Crippen molar-refractivity contribution in [2.45, 2.75) is 20.4 Å². The smallest absolute Gasteiger partial charge is 0.259 e. The van der Waals surface area contributed by atoms with Crippen molar-refractivity contribution in [3.05, 3.63) is 71.6 Å². The first-order valence-corrected chi connectivity index (χ1v) is 8.37. The van der Waals surface area contributed by atoms with E-state index in [2.05, 4.69) is 48.6 Å². The molecule has 3 aromatic rings. The number of hydrogen-bond acceptors (Lipinski definition) is 2. The molecule has 2 heterocycles. The van der Waals surface area contributed by atoms with E-state index in [1.54, 1.807) is 0 Å². The molecule has 4 heteroatoms. The maximum absolute atomic E-state index is 12.9. The summed E-state index contributed by atoms with van der Waals surface area (Å²) in [7, 11) is 2.06. The molecule has 1 amide bonds. The number of nitrogens with zero attached hydrogens (tertiary/aromatic N) is 2. The van der Waals surface area contributed by atoms with Crippen LogP contribution in [0.5, 0.6) is 0 Å². The Kier molecular flexibility index (Phi) is 3.42. The van der Waals surface area contributed by atoms with E-state index in [1.165, 1.54) is 11.2 Å². The first-order valence-electron chi connectivity index (χ1n) is 8.37. The number of anilines is 2. The molecule has 1 aliphatic rings. The van der Waals surface area contributed by atoms with Crippen molar-refractivity contribution in [3.8, 4) is 0 Å². The minimum atomic E-state index is 0.0485. The van der Waals surface area contributed by atoms with Gasteiger partial charge in [0.05, 0.1) is 6.54 Å². The molecule has 4 nitrogen and oxygen atoms in total. The van der Waals surface area contributed by atoms with Gasteiger partial charge in [0, 0.05) is 46.3 Å². The Balaban J connectivity index is 1.70. The second-order valence-electron chi connectivity index (χ2n) is 6.76. The Labute approximate surface area is 147 Å². The highest BCUT2D eigenvalue weighted by atomic mass is 16.2. The van der Waals surface area contributed by atoms with Crippen LogP contribution < -0.4 is 10.2 Å². The SMILES string of the molecule is C=C(C)Nc1ccc2c(c1)C(=O)N(c1ccc3c(c1)cc(C)n3C)C2. The minimum Gasteiger partial charge on any atom is -0.360 e. The third-order valence-corrected chi connectivity index (χ3v) is 4.85. The molecule has 0 unspecified atom stereocenters. The lowest BCUT2D eigenvalue weighted by atomic mass is 10.1. The fourth-order valence-electron chi connectivity index (χ4n) is 3.48. The molecule has 25 heavy (non-hydrogen) atoms. The van der Waals surface area contributed by atoms with Gasteiger partial charge in [0.15, 0.2) is 0 Å². The number of nitrogens with one attached hydrogen (secondary N) is 1. The third kappa shape index (κ3) is 2.50. The van der Waals surface area contributed by atoms with Crippen molar-refractivity contribution in [3.63, 3.8) is 0 Å². The van der Waals surface area contributed by atoms with Crippen LogP contribution >= 0.6 is 0 Å². The van der Waals surface area contributed by atoms with Crippen LogP contribution in [0.25, 0.3) is 10.9 Å². The van der Waals surface area contributed by atoms with Gasteiger partial charge in [-0.25, -0.2) is 0 Å². The maximum atomic E-state index is 12.9. The zero-order chi connectivity index (χ0) is 17.7. The van der Waals surface area contributed by atoms with Crippen molar-refractivity contribution < 1.29 is 4.79 Å². The van der Waals surface area contributed by atoms with Gasteiger partial charge in [0.2, 0.25) is 0 Å². The first kappa shape index (κ1) is 15.5. The number of fused-ring (bicyclic) bond motifs is 2. The molecule has 0 aliphatic carbocycles. The average molecular weight is 331 g/mol. The fourth-order valence-corrected chi connectivity index (χ4v) is 3.48. The quantitative estimate of drug-likeness (QED) is 0.762. The lowest BCUT2D eigenvalue weighted by Gasteiger charge is -2.16. The number of aryl methyl sites for hydroxylation is 2. The number of benzene rings is 2. The molecule has 0 saturated heterocycles. The summed E-state index contributed by atoms with van der Waals surface area (Å²) in [6.45, 7) is 8.46. The van der Waals surface area contributed by atoms with E-state index >= 15 is 0 Å². The van der Waals surface area contributed by atoms with E-state index in [0.29, 0.717) is 6.54 Å². The van der Waals surface area contributed by atoms with Gasteiger partial charge in [-0.2, -0.15) is 0 Å². The van der Waals surface area contributed by atoms with Gasteiger partial charge in [-0.1, -0.05) is 12.6 Å². The Bertz CT molecular complexity index is 1030. The summed E-state index contributed by atoms with van der Waals surface area (Å²) in [6, 6.07) is 14.3. The Morgan fingerprint density at radius 1 is 1.16 bits per heavy atom. The number of amides is 1. The van der Waals surface area contributed by atoms with Gasteiger partial charge in [-0.15, -0.1) is 0 Å². The summed E-state index contributed by atoms with van der Waals surface area (Å²) in [5.41, 5.74) is 6.89. The molecular formula is C21H21N3O. The molecule has 0 spiro atoms. The van der Waals surface area contributed by atoms with Crippen LogP contribution in [0.3, 0.4) is 0 Å². The maximum Gasteiger partial charge on any atom is 0.259 e. The molecule has 0 atom stereocenters. The van der Waals surface area contributed by atoms with E-state index < -0.39 is 0 Å². The van der Waals surface area contributed by atoms with Crippen LogP contribution in [0.2, 0.25) is 0 Å². The number of carbonyl (C=O) groups excluding carboxylic acids is 1. The second-order valence-corrected chi connectivity index (χ2v) is 6.76. The molecule has 0 radical (unpaired) electrons. The normalized spacial score (nSPS) is 13.4. The highest BCUT2D eigenvalue weighted by Crippen LogP contribution is 2.32. The molecule has 1 N–H and O–H groups in total. The van der Waals surface area contributed by atoms with Gasteiger partial charge in [0.1, 0.15) is 0 Å². The summed E-state index contributed by atoms with van der Waals surface area (Å²) in [4.78, 5) is 14.8. The molecule has 1 aliphatic heterocycles. The number of rotatable bonds is 3. The van der Waals surface area contributed by atoms with E-state index in [4.69, 9.17) is 0 Å². The van der Waals surface area contributed by atoms with E-state index in [-0.39, 0.29) is 5.91 Å². The van der Waals surface area contributed by atoms with Crippen molar-refractivity contribution >= 4 is 28.2 Å². The zero-order valence-corrected chi connectivity index (χ0v) is 14.8. The van der Waals surface area contributed by atoms with E-state index in [9.17, 15) is 4.79 Å². The van der Waals surface area contributed by atoms with Gasteiger partial charge >= 0.3 is 0 Å². The van der Waals surface area contributed by atoms with Crippen LogP contribution in [0.15, 0.2) is 54.7 Å². The van der Waals surface area contributed by atoms with Crippen molar-refractivity contribution in [1.29, 1.82) is 0 Å². The summed E-state index contributed by atoms with van der Waals surface area (Å²) in [5, 5.41) is 4.33. The van der Waals surface area contributed by atoms with Crippen molar-refractivity contribution in [1.82, 2.24) is 4.57 Å². The fraction of sp³-hybridized carbons (Fsp3) is 0.190. The Morgan fingerprint density at radius 2 is 1.96 bits per heavy atom. The highest BCUT2D eigenvalue weighted by molar-refractivity contribution is 6.11. The second kappa shape index (κ2) is 5.52. The lowest BCUT2D eigenvalue weighted by molar-refractivity contribution is 0.0996. The molecular weight excluding hydrogens is 310 g/mol. The predicted octanol–water partition coefficient (Wildman–Crippen LogP) is 4.59. The number of hydrogen-bond donors (Lipinski definition) is 1. The monoisotopic (exact) mass is 331 g/mol. The largest absolute Gasteiger partial charge is 0.360 e. The number of carbonyl (C=O) groups is 1. The van der Waals surface area contributed by atoms with Crippen molar-refractivity contribution in [2.75, 3.05) is 10.2 Å². The van der Waals surface area contributed by atoms with Crippen molar-refractivity contribution in [2.24, 2.45) is 7.05 Å². The molecule has 0 bridgehead atoms. The Hall–Kier alpha value is -3.01. The van der Waals surface area contributed by atoms with E-state index in [0.717, 1.165) is 33.6 Å². The van der Waals surface area contributed by atoms with Crippen LogP contribution in [-0.4, -0.2) is 10.5 Å². The standard InChI is InChI=1S/C21H21N3O/c1-13(2)22-17-6-5-15-12-24(21(25)19(15)11-17)18-7-8-20-16(10-18)9-14(3)23(20)4/h5-11,22H,1,12H2,2-4H3. The van der Waals surface area contributed by atoms with E-state index in [1.807, 2.05) is 36.1 Å². The molecule has 126 valence electrons.